The molecule has 0 bridgehead atoms. The van der Waals surface area contributed by atoms with E-state index in [1.807, 2.05) is 0 Å². The molecule has 31 heavy (non-hydrogen) atoms. The minimum atomic E-state index is -0.171. The van der Waals surface area contributed by atoms with Crippen LogP contribution in [0.15, 0.2) is 23.3 Å². The second kappa shape index (κ2) is 7.45. The molecule has 4 fully saturated rings. The van der Waals surface area contributed by atoms with E-state index in [4.69, 9.17) is 0 Å². The Morgan fingerprint density at radius 3 is 2.48 bits per heavy atom. The first kappa shape index (κ1) is 22.2. The van der Waals surface area contributed by atoms with Gasteiger partial charge >= 0.3 is 0 Å². The zero-order valence-electron chi connectivity index (χ0n) is 20.7. The third-order valence-electron chi connectivity index (χ3n) is 11.4. The average molecular weight is 427 g/mol. The van der Waals surface area contributed by atoms with Crippen molar-refractivity contribution >= 4 is 0 Å². The molecule has 2 unspecified atom stereocenters. The Labute approximate surface area is 190 Å². The molecule has 0 amide bonds. The van der Waals surface area contributed by atoms with Crippen LogP contribution in [0.5, 0.6) is 0 Å². The van der Waals surface area contributed by atoms with Crippen molar-refractivity contribution in [1.29, 1.82) is 0 Å². The van der Waals surface area contributed by atoms with E-state index in [0.29, 0.717) is 23.7 Å². The summed E-state index contributed by atoms with van der Waals surface area (Å²) in [5, 5.41) is 22.5. The molecule has 1 spiro atoms. The Morgan fingerprint density at radius 1 is 1.06 bits per heavy atom. The zero-order valence-corrected chi connectivity index (χ0v) is 20.7. The Balaban J connectivity index is 1.41. The topological polar surface area (TPSA) is 40.5 Å². The molecule has 0 radical (unpaired) electrons. The Bertz CT molecular complexity index is 772. The number of hydrogen-bond acceptors (Lipinski definition) is 2. The van der Waals surface area contributed by atoms with Crippen LogP contribution in [0, 0.1) is 45.8 Å². The number of fused-ring (bicyclic) bond motifs is 6. The molecule has 5 aliphatic rings. The van der Waals surface area contributed by atoms with E-state index in [1.54, 1.807) is 5.57 Å². The van der Waals surface area contributed by atoms with E-state index in [0.717, 1.165) is 25.2 Å². The lowest BCUT2D eigenvalue weighted by atomic mass is 9.44. The van der Waals surface area contributed by atoms with Gasteiger partial charge in [0.05, 0.1) is 12.2 Å². The van der Waals surface area contributed by atoms with Crippen LogP contribution in [0.25, 0.3) is 0 Å². The lowest BCUT2D eigenvalue weighted by Gasteiger charge is -2.61. The highest BCUT2D eigenvalue weighted by atomic mass is 16.3. The number of aliphatic hydroxyl groups excluding tert-OH is 2. The van der Waals surface area contributed by atoms with Crippen LogP contribution >= 0.6 is 0 Å². The largest absolute Gasteiger partial charge is 0.393 e. The van der Waals surface area contributed by atoms with Gasteiger partial charge in [-0.3, -0.25) is 0 Å². The Morgan fingerprint density at radius 2 is 1.81 bits per heavy atom. The number of rotatable bonds is 4. The van der Waals surface area contributed by atoms with Crippen LogP contribution in [0.1, 0.15) is 98.8 Å². The monoisotopic (exact) mass is 426 g/mol. The Hall–Kier alpha value is -0.600. The van der Waals surface area contributed by atoms with Gasteiger partial charge in [0, 0.05) is 5.41 Å². The highest BCUT2D eigenvalue weighted by molar-refractivity contribution is 5.37. The molecule has 0 aromatic carbocycles. The van der Waals surface area contributed by atoms with Crippen molar-refractivity contribution < 1.29 is 10.2 Å². The smallest absolute Gasteiger partial charge is 0.0634 e. The molecule has 5 rings (SSSR count). The second-order valence-corrected chi connectivity index (χ2v) is 13.0. The van der Waals surface area contributed by atoms with E-state index in [1.165, 1.54) is 50.5 Å². The van der Waals surface area contributed by atoms with Gasteiger partial charge in [0.25, 0.3) is 0 Å². The third-order valence-corrected chi connectivity index (χ3v) is 11.4. The quantitative estimate of drug-likeness (QED) is 0.493. The predicted octanol–water partition coefficient (Wildman–Crippen LogP) is 6.67. The number of aliphatic hydroxyl groups is 2. The van der Waals surface area contributed by atoms with E-state index < -0.39 is 0 Å². The van der Waals surface area contributed by atoms with Crippen molar-refractivity contribution in [3.8, 4) is 0 Å². The van der Waals surface area contributed by atoms with E-state index in [2.05, 4.69) is 46.8 Å². The standard InChI is InChI=1S/C29H46O2/c1-18(2)7-6-8-19(3)21-10-11-22-20-9-12-24-27(4,14-13-25(30)29(24)15-16-29)23(20)17-26(31)28(21,22)5/h7,12,19-23,25-26,30-31H,6,8-11,13-17H2,1-5H3/t19-,20+,21-,22+,23+,25?,26?,27-,28-/m1/s1. The van der Waals surface area contributed by atoms with Gasteiger partial charge in [-0.1, -0.05) is 44.1 Å². The molecule has 2 nitrogen and oxygen atoms in total. The number of hydrogen-bond donors (Lipinski definition) is 2. The fourth-order valence-corrected chi connectivity index (χ4v) is 9.58. The van der Waals surface area contributed by atoms with Crippen molar-refractivity contribution in [1.82, 2.24) is 0 Å². The molecule has 0 heterocycles. The van der Waals surface area contributed by atoms with Crippen molar-refractivity contribution in [2.24, 2.45) is 45.8 Å². The van der Waals surface area contributed by atoms with Gasteiger partial charge in [-0.05, 0) is 118 Å². The highest BCUT2D eigenvalue weighted by Gasteiger charge is 2.67. The highest BCUT2D eigenvalue weighted by Crippen LogP contribution is 2.72. The maximum atomic E-state index is 11.7. The maximum absolute atomic E-state index is 11.7. The van der Waals surface area contributed by atoms with Gasteiger partial charge in [-0.15, -0.1) is 0 Å². The van der Waals surface area contributed by atoms with E-state index in [9.17, 15) is 10.2 Å². The lowest BCUT2D eigenvalue weighted by Crippen LogP contribution is -2.57. The summed E-state index contributed by atoms with van der Waals surface area (Å²) in [4.78, 5) is 0. The van der Waals surface area contributed by atoms with E-state index in [-0.39, 0.29) is 28.5 Å². The zero-order chi connectivity index (χ0) is 22.2. The molecule has 0 saturated heterocycles. The van der Waals surface area contributed by atoms with Crippen LogP contribution < -0.4 is 0 Å². The molecule has 9 atom stereocenters. The summed E-state index contributed by atoms with van der Waals surface area (Å²) in [7, 11) is 0. The summed E-state index contributed by atoms with van der Waals surface area (Å²) >= 11 is 0. The summed E-state index contributed by atoms with van der Waals surface area (Å²) in [6.07, 6.45) is 16.3. The van der Waals surface area contributed by atoms with Crippen molar-refractivity contribution in [3.05, 3.63) is 23.3 Å². The second-order valence-electron chi connectivity index (χ2n) is 13.0. The average Bonchev–Trinajstić information content (AvgIpc) is 3.42. The van der Waals surface area contributed by atoms with Crippen molar-refractivity contribution in [2.75, 3.05) is 0 Å². The van der Waals surface area contributed by atoms with Crippen LogP contribution in [0.4, 0.5) is 0 Å². The van der Waals surface area contributed by atoms with Gasteiger partial charge in [-0.2, -0.15) is 0 Å². The molecular formula is C29H46O2. The first-order chi connectivity index (χ1) is 14.6. The summed E-state index contributed by atoms with van der Waals surface area (Å²) in [6.45, 7) is 11.8. The van der Waals surface area contributed by atoms with Crippen molar-refractivity contribution in [3.63, 3.8) is 0 Å². The normalized spacial score (nSPS) is 48.3. The van der Waals surface area contributed by atoms with Crippen LogP contribution in [-0.4, -0.2) is 22.4 Å². The summed E-state index contributed by atoms with van der Waals surface area (Å²) in [5.74, 6) is 3.32. The van der Waals surface area contributed by atoms with Crippen LogP contribution in [0.2, 0.25) is 0 Å². The molecular weight excluding hydrogens is 380 g/mol. The SMILES string of the molecule is CC(C)=CCC[C@@H](C)[C@H]1CC[C@H]2[C@@H]3CC=C4C5(CC5)C(O)CC[C@]4(C)[C@H]3CC(O)[C@]12C. The Kier molecular flexibility index (Phi) is 5.34. The van der Waals surface area contributed by atoms with Gasteiger partial charge < -0.3 is 10.2 Å². The molecule has 5 aliphatic carbocycles. The molecule has 0 aromatic rings. The molecule has 0 aromatic heterocycles. The first-order valence-corrected chi connectivity index (χ1v) is 13.3. The molecule has 0 aliphatic heterocycles. The summed E-state index contributed by atoms with van der Waals surface area (Å²) in [5.41, 5.74) is 3.42. The first-order valence-electron chi connectivity index (χ1n) is 13.3. The van der Waals surface area contributed by atoms with E-state index >= 15 is 0 Å². The fraction of sp³-hybridized carbons (Fsp3) is 0.862. The lowest BCUT2D eigenvalue weighted by molar-refractivity contribution is -0.140. The van der Waals surface area contributed by atoms with Gasteiger partial charge in [0.15, 0.2) is 0 Å². The van der Waals surface area contributed by atoms with Gasteiger partial charge in [0.2, 0.25) is 0 Å². The molecule has 2 heteroatoms. The van der Waals surface area contributed by atoms with Crippen LogP contribution in [-0.2, 0) is 0 Å². The summed E-state index contributed by atoms with van der Waals surface area (Å²) in [6, 6.07) is 0. The van der Waals surface area contributed by atoms with Crippen LogP contribution in [0.3, 0.4) is 0 Å². The summed E-state index contributed by atoms with van der Waals surface area (Å²) < 4.78 is 0. The third kappa shape index (κ3) is 3.10. The molecule has 2 N–H and O–H groups in total. The predicted molar refractivity (Wildman–Crippen MR) is 127 cm³/mol. The van der Waals surface area contributed by atoms with Gasteiger partial charge in [0.1, 0.15) is 0 Å². The number of allylic oxidation sites excluding steroid dienone is 3. The minimum absolute atomic E-state index is 0.0821. The minimum Gasteiger partial charge on any atom is -0.393 e. The maximum Gasteiger partial charge on any atom is 0.0634 e. The van der Waals surface area contributed by atoms with Crippen molar-refractivity contribution in [2.45, 2.75) is 111 Å². The van der Waals surface area contributed by atoms with Gasteiger partial charge in [-0.25, -0.2) is 0 Å². The fourth-order valence-electron chi connectivity index (χ4n) is 9.58. The molecule has 174 valence electrons. The molecule has 4 saturated carbocycles.